The number of nitrogens with zero attached hydrogens (tertiary/aromatic N) is 4. The molecule has 0 spiro atoms. The summed E-state index contributed by atoms with van der Waals surface area (Å²) in [6, 6.07) is -0.625. The quantitative estimate of drug-likeness (QED) is 0.859. The van der Waals surface area contributed by atoms with Gasteiger partial charge >= 0.3 is 5.97 Å². The van der Waals surface area contributed by atoms with E-state index in [0.29, 0.717) is 5.69 Å². The maximum Gasteiger partial charge on any atom is 0.327 e. The van der Waals surface area contributed by atoms with E-state index in [1.54, 1.807) is 6.33 Å². The molecule has 1 fully saturated rings. The first-order valence-corrected chi connectivity index (χ1v) is 6.71. The van der Waals surface area contributed by atoms with Crippen LogP contribution in [0.2, 0.25) is 0 Å². The van der Waals surface area contributed by atoms with Crippen LogP contribution in [0.25, 0.3) is 0 Å². The van der Waals surface area contributed by atoms with Crippen LogP contribution in [0.15, 0.2) is 6.33 Å². The lowest BCUT2D eigenvalue weighted by atomic mass is 10.1. The lowest BCUT2D eigenvalue weighted by Gasteiger charge is -2.36. The van der Waals surface area contributed by atoms with Crippen molar-refractivity contribution in [3.8, 4) is 0 Å². The molecule has 6 nitrogen and oxygen atoms in total. The Balaban J connectivity index is 2.18. The Morgan fingerprint density at radius 3 is 2.47 bits per heavy atom. The van der Waals surface area contributed by atoms with Gasteiger partial charge in [0.2, 0.25) is 0 Å². The Bertz CT molecular complexity index is 449. The van der Waals surface area contributed by atoms with E-state index in [-0.39, 0.29) is 0 Å². The average molecular weight is 266 g/mol. The van der Waals surface area contributed by atoms with Gasteiger partial charge in [-0.1, -0.05) is 6.92 Å². The molecule has 0 saturated carbocycles. The zero-order chi connectivity index (χ0) is 14.0. The van der Waals surface area contributed by atoms with Gasteiger partial charge in [-0.2, -0.15) is 0 Å². The number of rotatable bonds is 4. The number of imidazole rings is 1. The van der Waals surface area contributed by atoms with E-state index in [9.17, 15) is 9.90 Å². The highest BCUT2D eigenvalue weighted by Gasteiger charge is 2.32. The van der Waals surface area contributed by atoms with Crippen molar-refractivity contribution in [2.45, 2.75) is 19.9 Å². The molecule has 19 heavy (non-hydrogen) atoms. The SMILES string of the molecule is CCN1CCN(C(C(=O)O)c2ncn(C)c2C)CC1. The number of aromatic nitrogens is 2. The molecule has 1 atom stereocenters. The summed E-state index contributed by atoms with van der Waals surface area (Å²) in [5.41, 5.74) is 1.59. The van der Waals surface area contributed by atoms with Crippen molar-refractivity contribution in [2.75, 3.05) is 32.7 Å². The zero-order valence-electron chi connectivity index (χ0n) is 11.8. The summed E-state index contributed by atoms with van der Waals surface area (Å²) in [6.45, 7) is 8.47. The van der Waals surface area contributed by atoms with Gasteiger partial charge in [0, 0.05) is 38.9 Å². The molecule has 6 heteroatoms. The van der Waals surface area contributed by atoms with Gasteiger partial charge in [0.25, 0.3) is 0 Å². The van der Waals surface area contributed by atoms with E-state index in [1.807, 2.05) is 23.4 Å². The zero-order valence-corrected chi connectivity index (χ0v) is 11.8. The summed E-state index contributed by atoms with van der Waals surface area (Å²) in [5, 5.41) is 9.53. The largest absolute Gasteiger partial charge is 0.480 e. The first kappa shape index (κ1) is 14.0. The van der Waals surface area contributed by atoms with E-state index < -0.39 is 12.0 Å². The van der Waals surface area contributed by atoms with Crippen molar-refractivity contribution in [3.05, 3.63) is 17.7 Å². The minimum Gasteiger partial charge on any atom is -0.480 e. The number of carboxylic acids is 1. The highest BCUT2D eigenvalue weighted by molar-refractivity contribution is 5.75. The van der Waals surface area contributed by atoms with Crippen LogP contribution in [0, 0.1) is 6.92 Å². The van der Waals surface area contributed by atoms with Gasteiger partial charge in [-0.15, -0.1) is 0 Å². The lowest BCUT2D eigenvalue weighted by molar-refractivity contribution is -0.144. The maximum absolute atomic E-state index is 11.6. The highest BCUT2D eigenvalue weighted by Crippen LogP contribution is 2.23. The van der Waals surface area contributed by atoms with Crippen molar-refractivity contribution in [3.63, 3.8) is 0 Å². The Morgan fingerprint density at radius 1 is 1.42 bits per heavy atom. The molecule has 1 N–H and O–H groups in total. The fourth-order valence-electron chi connectivity index (χ4n) is 2.56. The number of aliphatic carboxylic acids is 1. The van der Waals surface area contributed by atoms with Crippen molar-refractivity contribution in [2.24, 2.45) is 7.05 Å². The second-order valence-electron chi connectivity index (χ2n) is 5.04. The minimum absolute atomic E-state index is 0.625. The molecule has 1 aromatic heterocycles. The molecular formula is C13H22N4O2. The Hall–Kier alpha value is -1.40. The molecule has 0 aliphatic carbocycles. The van der Waals surface area contributed by atoms with Crippen LogP contribution in [0.3, 0.4) is 0 Å². The van der Waals surface area contributed by atoms with Crippen LogP contribution in [-0.4, -0.2) is 63.2 Å². The number of aryl methyl sites for hydroxylation is 1. The first-order chi connectivity index (χ1) is 9.04. The third kappa shape index (κ3) is 2.79. The van der Waals surface area contributed by atoms with Crippen LogP contribution >= 0.6 is 0 Å². The van der Waals surface area contributed by atoms with Crippen LogP contribution in [0.1, 0.15) is 24.4 Å². The van der Waals surface area contributed by atoms with Crippen molar-refractivity contribution in [1.29, 1.82) is 0 Å². The van der Waals surface area contributed by atoms with Crippen molar-refractivity contribution >= 4 is 5.97 Å². The van der Waals surface area contributed by atoms with Gasteiger partial charge in [-0.05, 0) is 13.5 Å². The van der Waals surface area contributed by atoms with Crippen LogP contribution < -0.4 is 0 Å². The molecule has 0 aromatic carbocycles. The molecule has 0 amide bonds. The smallest absolute Gasteiger partial charge is 0.327 e. The summed E-state index contributed by atoms with van der Waals surface area (Å²) in [6.07, 6.45) is 1.68. The van der Waals surface area contributed by atoms with Crippen LogP contribution in [0.4, 0.5) is 0 Å². The van der Waals surface area contributed by atoms with E-state index in [0.717, 1.165) is 38.4 Å². The summed E-state index contributed by atoms with van der Waals surface area (Å²) in [4.78, 5) is 20.2. The van der Waals surface area contributed by atoms with E-state index in [2.05, 4.69) is 16.8 Å². The predicted molar refractivity (Wildman–Crippen MR) is 72.0 cm³/mol. The Labute approximate surface area is 113 Å². The molecule has 1 unspecified atom stereocenters. The molecule has 0 bridgehead atoms. The summed E-state index contributed by atoms with van der Waals surface area (Å²) in [7, 11) is 1.89. The molecule has 2 heterocycles. The van der Waals surface area contributed by atoms with Crippen LogP contribution in [0.5, 0.6) is 0 Å². The van der Waals surface area contributed by atoms with Gasteiger partial charge in [-0.25, -0.2) is 4.98 Å². The van der Waals surface area contributed by atoms with Gasteiger partial charge in [-0.3, -0.25) is 9.69 Å². The number of likely N-dealkylation sites (N-methyl/N-ethyl adjacent to an activating group) is 1. The molecule has 0 radical (unpaired) electrons. The van der Waals surface area contributed by atoms with Crippen LogP contribution in [-0.2, 0) is 11.8 Å². The molecule has 106 valence electrons. The standard InChI is InChI=1S/C13H22N4O2/c1-4-16-5-7-17(8-6-16)12(13(18)19)11-10(2)15(3)9-14-11/h9,12H,4-8H2,1-3H3,(H,18,19). The number of hydrogen-bond donors (Lipinski definition) is 1. The second kappa shape index (κ2) is 5.71. The Morgan fingerprint density at radius 2 is 2.05 bits per heavy atom. The predicted octanol–water partition coefficient (Wildman–Crippen LogP) is 0.492. The summed E-state index contributed by atoms with van der Waals surface area (Å²) in [5.74, 6) is -0.813. The molecular weight excluding hydrogens is 244 g/mol. The minimum atomic E-state index is -0.813. The second-order valence-corrected chi connectivity index (χ2v) is 5.04. The van der Waals surface area contributed by atoms with Crippen molar-refractivity contribution < 1.29 is 9.90 Å². The summed E-state index contributed by atoms with van der Waals surface area (Å²) >= 11 is 0. The molecule has 2 rings (SSSR count). The first-order valence-electron chi connectivity index (χ1n) is 6.71. The number of carbonyl (C=O) groups is 1. The highest BCUT2D eigenvalue weighted by atomic mass is 16.4. The third-order valence-electron chi connectivity index (χ3n) is 3.98. The third-order valence-corrected chi connectivity index (χ3v) is 3.98. The molecule has 1 aromatic rings. The molecule has 1 saturated heterocycles. The Kier molecular flexibility index (Phi) is 4.21. The van der Waals surface area contributed by atoms with E-state index >= 15 is 0 Å². The summed E-state index contributed by atoms with van der Waals surface area (Å²) < 4.78 is 1.87. The molecule has 1 aliphatic rings. The maximum atomic E-state index is 11.6. The van der Waals surface area contributed by atoms with E-state index in [4.69, 9.17) is 0 Å². The van der Waals surface area contributed by atoms with Gasteiger partial charge < -0.3 is 14.6 Å². The number of piperazine rings is 1. The van der Waals surface area contributed by atoms with Gasteiger partial charge in [0.1, 0.15) is 0 Å². The normalized spacial score (nSPS) is 19.5. The van der Waals surface area contributed by atoms with Gasteiger partial charge in [0.15, 0.2) is 6.04 Å². The fourth-order valence-corrected chi connectivity index (χ4v) is 2.56. The monoisotopic (exact) mass is 266 g/mol. The number of carboxylic acid groups (broad SMARTS) is 1. The van der Waals surface area contributed by atoms with Gasteiger partial charge in [0.05, 0.1) is 12.0 Å². The lowest BCUT2D eigenvalue weighted by Crippen LogP contribution is -2.49. The van der Waals surface area contributed by atoms with E-state index in [1.165, 1.54) is 0 Å². The number of hydrogen-bond acceptors (Lipinski definition) is 4. The fraction of sp³-hybridized carbons (Fsp3) is 0.692. The average Bonchev–Trinajstić information content (AvgIpc) is 2.72. The topological polar surface area (TPSA) is 61.6 Å². The van der Waals surface area contributed by atoms with Crippen molar-refractivity contribution in [1.82, 2.24) is 19.4 Å². The molecule has 1 aliphatic heterocycles.